The molecule has 0 spiro atoms. The molecule has 0 aromatic carbocycles. The van der Waals surface area contributed by atoms with Crippen LogP contribution >= 0.6 is 6.72 Å². The number of anilines is 2. The van der Waals surface area contributed by atoms with Gasteiger partial charge in [0.1, 0.15) is 55.0 Å². The molecule has 4 aliphatic heterocycles. The number of aliphatic hydroxyl groups excluding tert-OH is 1. The lowest BCUT2D eigenvalue weighted by Gasteiger charge is -2.25. The third kappa shape index (κ3) is 5.06. The molecule has 21 heteroatoms. The molecule has 0 amide bonds. The first kappa shape index (κ1) is 28.8. The maximum atomic E-state index is 13.0. The highest BCUT2D eigenvalue weighted by atomic mass is 32.5. The average Bonchev–Trinajstić information content (AvgIpc) is 3.75. The van der Waals surface area contributed by atoms with Crippen LogP contribution in [0.1, 0.15) is 31.0 Å². The van der Waals surface area contributed by atoms with Crippen molar-refractivity contribution in [2.24, 2.45) is 0 Å². The second kappa shape index (κ2) is 11.0. The summed E-state index contributed by atoms with van der Waals surface area (Å²) in [6, 6.07) is 0. The fraction of sp³-hybridized carbons (Fsp3) is 0.542. The minimum absolute atomic E-state index is 0.130. The summed E-state index contributed by atoms with van der Waals surface area (Å²) < 4.78 is 37.9. The summed E-state index contributed by atoms with van der Waals surface area (Å²) in [5.74, 6) is 0.823. The normalized spacial score (nSPS) is 33.7. The summed E-state index contributed by atoms with van der Waals surface area (Å²) in [6.07, 6.45) is -2.62. The van der Waals surface area contributed by atoms with Gasteiger partial charge in [0.25, 0.3) is 0 Å². The van der Waals surface area contributed by atoms with Crippen LogP contribution < -0.4 is 11.1 Å². The molecule has 3 saturated heterocycles. The van der Waals surface area contributed by atoms with Crippen LogP contribution in [0.2, 0.25) is 0 Å². The van der Waals surface area contributed by atoms with Crippen LogP contribution in [0, 0.1) is 0 Å². The molecule has 1 unspecified atom stereocenters. The Morgan fingerprint density at radius 2 is 1.91 bits per heavy atom. The van der Waals surface area contributed by atoms with Gasteiger partial charge in [-0.3, -0.25) is 4.57 Å². The van der Waals surface area contributed by atoms with Crippen LogP contribution in [0.15, 0.2) is 19.0 Å². The number of hydrogen-bond acceptors (Lipinski definition) is 17. The Kier molecular flexibility index (Phi) is 7.06. The Hall–Kier alpha value is -3.62. The smallest absolute Gasteiger partial charge is 0.431 e. The third-order valence-corrected chi connectivity index (χ3v) is 9.73. The number of cyclic esters (lactones) is 1. The molecular weight excluding hydrogens is 635 g/mol. The van der Waals surface area contributed by atoms with Gasteiger partial charge in [-0.15, -0.1) is 0 Å². The fourth-order valence-electron chi connectivity index (χ4n) is 6.05. The van der Waals surface area contributed by atoms with Crippen molar-refractivity contribution in [3.05, 3.63) is 24.7 Å². The number of nitrogens with two attached hydrogens (primary N) is 1. The average molecular weight is 663 g/mol. The molecule has 45 heavy (non-hydrogen) atoms. The lowest BCUT2D eigenvalue weighted by atomic mass is 10.1. The van der Waals surface area contributed by atoms with E-state index in [2.05, 4.69) is 30.2 Å². The Balaban J connectivity index is 1.07. The number of rotatable bonds is 2. The minimum Gasteiger partial charge on any atom is -0.431 e. The predicted molar refractivity (Wildman–Crippen MR) is 154 cm³/mol. The number of carbonyl (C=O) groups is 1. The molecule has 2 bridgehead atoms. The summed E-state index contributed by atoms with van der Waals surface area (Å²) in [5, 5.41) is 20.0. The molecule has 4 aromatic rings. The van der Waals surface area contributed by atoms with E-state index in [1.807, 2.05) is 0 Å². The first-order valence-electron chi connectivity index (χ1n) is 14.1. The highest BCUT2D eigenvalue weighted by molar-refractivity contribution is 8.07. The molecule has 4 aliphatic rings. The molecule has 8 atom stereocenters. The first-order valence-corrected chi connectivity index (χ1v) is 16.7. The lowest BCUT2D eigenvalue weighted by Crippen LogP contribution is -2.37. The number of aromatic nitrogens is 8. The molecule has 4 aromatic heterocycles. The quantitative estimate of drug-likeness (QED) is 0.167. The standard InChI is InChI=1S/C24H27N10O9PS/c25-19-16-22(30-7-27-19)33(9-31-16)23-18-17(35)13(41-23)6-39-44(37,45)43-11-4-14(40-12(11)5-38-24(36)42-18)34-21-15-10(32-34)2-1-3-26-20(15)28-8-29-21/h7-9,11-14,17-18,23,35H,1-6H2,(H,37,45)(H2,25,27,30)(H,26,28,29)/t11-,12+,13+,14+,17+,18+,23+,44?/m0/s1. The monoisotopic (exact) mass is 662 g/mol. The van der Waals surface area contributed by atoms with Crippen molar-refractivity contribution < 1.29 is 42.8 Å². The van der Waals surface area contributed by atoms with Gasteiger partial charge in [0.2, 0.25) is 0 Å². The molecule has 0 aliphatic carbocycles. The number of nitrogens with one attached hydrogen (secondary N) is 1. The van der Waals surface area contributed by atoms with E-state index in [4.69, 9.17) is 50.6 Å². The molecule has 238 valence electrons. The summed E-state index contributed by atoms with van der Waals surface area (Å²) in [6.45, 7) is -3.89. The zero-order valence-corrected chi connectivity index (χ0v) is 25.0. The van der Waals surface area contributed by atoms with Crippen molar-refractivity contribution in [3.63, 3.8) is 0 Å². The van der Waals surface area contributed by atoms with Gasteiger partial charge in [-0.05, 0) is 24.6 Å². The number of aryl methyl sites for hydroxylation is 1. The Labute approximate surface area is 258 Å². The van der Waals surface area contributed by atoms with E-state index in [9.17, 15) is 14.8 Å². The third-order valence-electron chi connectivity index (χ3n) is 8.14. The van der Waals surface area contributed by atoms with Gasteiger partial charge in [-0.2, -0.15) is 5.10 Å². The Morgan fingerprint density at radius 1 is 1.07 bits per heavy atom. The summed E-state index contributed by atoms with van der Waals surface area (Å²) >= 11 is 5.33. The van der Waals surface area contributed by atoms with E-state index < -0.39 is 55.8 Å². The highest BCUT2D eigenvalue weighted by Crippen LogP contribution is 2.50. The lowest BCUT2D eigenvalue weighted by molar-refractivity contribution is -0.0847. The molecule has 8 rings (SSSR count). The number of imidazole rings is 1. The van der Waals surface area contributed by atoms with Crippen molar-refractivity contribution in [3.8, 4) is 0 Å². The number of ether oxygens (including phenoxy) is 4. The largest absolute Gasteiger partial charge is 0.508 e. The van der Waals surface area contributed by atoms with Crippen LogP contribution in [0.4, 0.5) is 16.4 Å². The van der Waals surface area contributed by atoms with Crippen molar-refractivity contribution in [2.45, 2.75) is 62.2 Å². The van der Waals surface area contributed by atoms with Gasteiger partial charge < -0.3 is 49.0 Å². The van der Waals surface area contributed by atoms with Gasteiger partial charge in [-0.25, -0.2) is 34.4 Å². The van der Waals surface area contributed by atoms with E-state index in [1.165, 1.54) is 23.5 Å². The highest BCUT2D eigenvalue weighted by Gasteiger charge is 2.50. The Bertz CT molecular complexity index is 1840. The molecular formula is C24H27N10O9PS. The zero-order valence-electron chi connectivity index (χ0n) is 23.3. The van der Waals surface area contributed by atoms with E-state index in [0.29, 0.717) is 11.5 Å². The van der Waals surface area contributed by atoms with E-state index in [1.54, 1.807) is 4.68 Å². The maximum Gasteiger partial charge on any atom is 0.508 e. The molecule has 8 heterocycles. The van der Waals surface area contributed by atoms with Crippen molar-refractivity contribution in [1.82, 2.24) is 39.3 Å². The number of carbonyl (C=O) groups excluding carboxylic acids is 1. The second-order valence-corrected chi connectivity index (χ2v) is 13.7. The topological polar surface area (TPSA) is 238 Å². The number of fused-ring (bicyclic) bond motifs is 4. The van der Waals surface area contributed by atoms with E-state index in [-0.39, 0.29) is 36.6 Å². The molecule has 3 fully saturated rings. The molecule has 19 nitrogen and oxygen atoms in total. The minimum atomic E-state index is -3.93. The number of nitrogen functional groups attached to an aromatic ring is 1. The maximum absolute atomic E-state index is 13.0. The number of hydrogen-bond donors (Lipinski definition) is 4. The van der Waals surface area contributed by atoms with Crippen LogP contribution in [0.25, 0.3) is 22.2 Å². The molecule has 5 N–H and O–H groups in total. The fourth-order valence-corrected chi connectivity index (χ4v) is 7.53. The van der Waals surface area contributed by atoms with Crippen molar-refractivity contribution >= 4 is 58.5 Å². The van der Waals surface area contributed by atoms with Crippen molar-refractivity contribution in [2.75, 3.05) is 30.8 Å². The van der Waals surface area contributed by atoms with Crippen LogP contribution in [-0.2, 0) is 46.2 Å². The SMILES string of the molecule is Nc1ncnc2c1ncn2[C@@H]1O[C@@H]2COP(O)(=S)O[C@H]3C[C@H](n4nc5c6c(ncnc64)NCCC5)O[C@@H]3COC(=O)O[C@@H]1[C@@H]2O. The Morgan fingerprint density at radius 3 is 2.80 bits per heavy atom. The van der Waals surface area contributed by atoms with Gasteiger partial charge in [0.05, 0.1) is 24.0 Å². The summed E-state index contributed by atoms with van der Waals surface area (Å²) in [4.78, 5) is 45.2. The van der Waals surface area contributed by atoms with Crippen LogP contribution in [0.3, 0.4) is 0 Å². The molecule has 0 saturated carbocycles. The molecule has 0 radical (unpaired) electrons. The summed E-state index contributed by atoms with van der Waals surface area (Å²) in [7, 11) is 0. The van der Waals surface area contributed by atoms with Gasteiger partial charge >= 0.3 is 12.9 Å². The predicted octanol–water partition coefficient (Wildman–Crippen LogP) is 0.306. The van der Waals surface area contributed by atoms with Gasteiger partial charge in [0.15, 0.2) is 35.7 Å². The number of aliphatic hydroxyl groups is 1. The van der Waals surface area contributed by atoms with Crippen molar-refractivity contribution in [1.29, 1.82) is 0 Å². The van der Waals surface area contributed by atoms with Gasteiger partial charge in [0, 0.05) is 13.0 Å². The van der Waals surface area contributed by atoms with Gasteiger partial charge in [-0.1, -0.05) is 0 Å². The van der Waals surface area contributed by atoms with Crippen LogP contribution in [-0.4, -0.2) is 106 Å². The van der Waals surface area contributed by atoms with E-state index >= 15 is 0 Å². The zero-order chi connectivity index (χ0) is 30.9. The first-order chi connectivity index (χ1) is 21.8. The second-order valence-electron chi connectivity index (χ2n) is 10.9. The number of nitrogens with zero attached hydrogens (tertiary/aromatic N) is 8. The van der Waals surface area contributed by atoms with E-state index in [0.717, 1.165) is 30.5 Å². The van der Waals surface area contributed by atoms with Crippen LogP contribution in [0.5, 0.6) is 0 Å². The summed E-state index contributed by atoms with van der Waals surface area (Å²) in [5.41, 5.74) is 7.88.